The molecule has 0 aliphatic heterocycles. The summed E-state index contributed by atoms with van der Waals surface area (Å²) in [4.78, 5) is 12.5. The second-order valence-electron chi connectivity index (χ2n) is 8.53. The van der Waals surface area contributed by atoms with E-state index in [2.05, 4.69) is 22.2 Å². The van der Waals surface area contributed by atoms with Gasteiger partial charge in [-0.2, -0.15) is 0 Å². The number of furan rings is 1. The standard InChI is InChI=1S/C24H28N2O4S/c1-16(2)26-31(28,29)15-18-8-6-17(7-9-18)13-25-24(27)12-21-14-30-23-11-20-5-3-4-19(20)10-22(21)23/h6-11,14,16,26H,3-5,12-13,15H2,1-2H3,(H,25,27). The van der Waals surface area contributed by atoms with Crippen LogP contribution in [0.3, 0.4) is 0 Å². The van der Waals surface area contributed by atoms with Crippen molar-refractivity contribution in [3.8, 4) is 0 Å². The van der Waals surface area contributed by atoms with Crippen LogP contribution >= 0.6 is 0 Å². The highest BCUT2D eigenvalue weighted by Gasteiger charge is 2.17. The summed E-state index contributed by atoms with van der Waals surface area (Å²) in [6.07, 6.45) is 5.31. The quantitative estimate of drug-likeness (QED) is 0.560. The molecule has 7 heteroatoms. The second kappa shape index (κ2) is 8.85. The Balaban J connectivity index is 1.33. The molecule has 164 valence electrons. The molecule has 0 atom stereocenters. The zero-order valence-electron chi connectivity index (χ0n) is 17.9. The number of fused-ring (bicyclic) bond motifs is 2. The van der Waals surface area contributed by atoms with Crippen LogP contribution in [0.2, 0.25) is 0 Å². The van der Waals surface area contributed by atoms with Crippen LogP contribution in [0, 0.1) is 0 Å². The maximum Gasteiger partial charge on any atom is 0.224 e. The number of rotatable bonds is 8. The minimum atomic E-state index is -3.35. The first-order valence-electron chi connectivity index (χ1n) is 10.7. The molecule has 3 aromatic rings. The van der Waals surface area contributed by atoms with E-state index in [0.717, 1.165) is 34.9 Å². The Bertz CT molecular complexity index is 1190. The zero-order valence-corrected chi connectivity index (χ0v) is 18.7. The van der Waals surface area contributed by atoms with Crippen LogP contribution in [0.25, 0.3) is 11.0 Å². The molecule has 31 heavy (non-hydrogen) atoms. The van der Waals surface area contributed by atoms with Crippen LogP contribution in [0.15, 0.2) is 47.1 Å². The van der Waals surface area contributed by atoms with E-state index in [9.17, 15) is 13.2 Å². The molecule has 4 rings (SSSR count). The lowest BCUT2D eigenvalue weighted by atomic mass is 10.0. The highest BCUT2D eigenvalue weighted by molar-refractivity contribution is 7.88. The summed E-state index contributed by atoms with van der Waals surface area (Å²) in [7, 11) is -3.35. The molecule has 1 amide bonds. The van der Waals surface area contributed by atoms with E-state index in [-0.39, 0.29) is 24.1 Å². The molecule has 0 fully saturated rings. The van der Waals surface area contributed by atoms with Crippen molar-refractivity contribution in [2.45, 2.75) is 57.9 Å². The Morgan fingerprint density at radius 3 is 2.45 bits per heavy atom. The first-order chi connectivity index (χ1) is 14.8. The molecule has 1 aliphatic rings. The number of sulfonamides is 1. The van der Waals surface area contributed by atoms with Crippen molar-refractivity contribution in [2.75, 3.05) is 0 Å². The smallest absolute Gasteiger partial charge is 0.224 e. The molecule has 0 saturated carbocycles. The predicted octanol–water partition coefficient (Wildman–Crippen LogP) is 3.61. The Morgan fingerprint density at radius 1 is 1.06 bits per heavy atom. The molecule has 0 unspecified atom stereocenters. The van der Waals surface area contributed by atoms with Gasteiger partial charge in [-0.05, 0) is 67.5 Å². The minimum Gasteiger partial charge on any atom is -0.464 e. The van der Waals surface area contributed by atoms with E-state index in [0.29, 0.717) is 12.1 Å². The molecule has 0 saturated heterocycles. The number of hydrogen-bond acceptors (Lipinski definition) is 4. The highest BCUT2D eigenvalue weighted by atomic mass is 32.2. The van der Waals surface area contributed by atoms with Crippen molar-refractivity contribution in [2.24, 2.45) is 0 Å². The fourth-order valence-corrected chi connectivity index (χ4v) is 5.53. The van der Waals surface area contributed by atoms with E-state index >= 15 is 0 Å². The predicted molar refractivity (Wildman–Crippen MR) is 121 cm³/mol. The van der Waals surface area contributed by atoms with Gasteiger partial charge in [0.1, 0.15) is 5.58 Å². The summed E-state index contributed by atoms with van der Waals surface area (Å²) in [5, 5.41) is 3.96. The number of aryl methyl sites for hydroxylation is 2. The molecule has 2 N–H and O–H groups in total. The molecule has 2 aromatic carbocycles. The lowest BCUT2D eigenvalue weighted by Crippen LogP contribution is -2.31. The number of hydrogen-bond donors (Lipinski definition) is 2. The number of carbonyl (C=O) groups is 1. The molecular weight excluding hydrogens is 412 g/mol. The van der Waals surface area contributed by atoms with Crippen molar-refractivity contribution < 1.29 is 17.6 Å². The number of benzene rings is 2. The maximum atomic E-state index is 12.5. The highest BCUT2D eigenvalue weighted by Crippen LogP contribution is 2.30. The third-order valence-corrected chi connectivity index (χ3v) is 7.05. The maximum absolute atomic E-state index is 12.5. The molecule has 0 radical (unpaired) electrons. The van der Waals surface area contributed by atoms with Crippen molar-refractivity contribution >= 4 is 26.9 Å². The van der Waals surface area contributed by atoms with Crippen LogP contribution < -0.4 is 10.0 Å². The van der Waals surface area contributed by atoms with Crippen LogP contribution in [-0.2, 0) is 46.4 Å². The van der Waals surface area contributed by atoms with Crippen molar-refractivity contribution in [3.63, 3.8) is 0 Å². The largest absolute Gasteiger partial charge is 0.464 e. The average molecular weight is 441 g/mol. The van der Waals surface area contributed by atoms with E-state index in [4.69, 9.17) is 4.42 Å². The van der Waals surface area contributed by atoms with Crippen LogP contribution in [0.5, 0.6) is 0 Å². The third-order valence-electron chi connectivity index (χ3n) is 5.50. The van der Waals surface area contributed by atoms with Gasteiger partial charge in [0.05, 0.1) is 18.4 Å². The van der Waals surface area contributed by atoms with E-state index in [1.807, 2.05) is 12.1 Å². The normalized spacial score (nSPS) is 13.6. The Labute approximate surface area is 183 Å². The Hall–Kier alpha value is -2.64. The summed E-state index contributed by atoms with van der Waals surface area (Å²) in [5.41, 5.74) is 6.10. The molecule has 1 heterocycles. The van der Waals surface area contributed by atoms with Crippen LogP contribution in [-0.4, -0.2) is 20.4 Å². The van der Waals surface area contributed by atoms with Gasteiger partial charge in [0.15, 0.2) is 0 Å². The molecular formula is C24H28N2O4S. The minimum absolute atomic E-state index is 0.0604. The summed E-state index contributed by atoms with van der Waals surface area (Å²) in [6.45, 7) is 3.98. The molecule has 1 aliphatic carbocycles. The number of nitrogens with one attached hydrogen (secondary N) is 2. The SMILES string of the molecule is CC(C)NS(=O)(=O)Cc1ccc(CNC(=O)Cc2coc3cc4c(cc23)CCC4)cc1. The van der Waals surface area contributed by atoms with Gasteiger partial charge in [-0.15, -0.1) is 0 Å². The number of amides is 1. The number of carbonyl (C=O) groups excluding carboxylic acids is 1. The lowest BCUT2D eigenvalue weighted by Gasteiger charge is -2.10. The topological polar surface area (TPSA) is 88.4 Å². The first kappa shape index (κ1) is 21.6. The van der Waals surface area contributed by atoms with Gasteiger partial charge in [-0.25, -0.2) is 13.1 Å². The second-order valence-corrected chi connectivity index (χ2v) is 10.3. The fraction of sp³-hybridized carbons (Fsp3) is 0.375. The van der Waals surface area contributed by atoms with Gasteiger partial charge >= 0.3 is 0 Å². The van der Waals surface area contributed by atoms with Gasteiger partial charge in [0.2, 0.25) is 15.9 Å². The van der Waals surface area contributed by atoms with Crippen LogP contribution in [0.4, 0.5) is 0 Å². The molecule has 6 nitrogen and oxygen atoms in total. The van der Waals surface area contributed by atoms with Gasteiger partial charge in [0.25, 0.3) is 0 Å². The fourth-order valence-electron chi connectivity index (χ4n) is 4.09. The monoisotopic (exact) mass is 440 g/mol. The summed E-state index contributed by atoms with van der Waals surface area (Å²) >= 11 is 0. The van der Waals surface area contributed by atoms with Crippen molar-refractivity contribution in [1.82, 2.24) is 10.0 Å². The van der Waals surface area contributed by atoms with Gasteiger partial charge in [-0.3, -0.25) is 4.79 Å². The third kappa shape index (κ3) is 5.35. The Morgan fingerprint density at radius 2 is 1.74 bits per heavy atom. The molecule has 0 spiro atoms. The Kier molecular flexibility index (Phi) is 6.16. The van der Waals surface area contributed by atoms with Crippen molar-refractivity contribution in [3.05, 3.63) is 70.5 Å². The van der Waals surface area contributed by atoms with E-state index in [1.165, 1.54) is 17.5 Å². The lowest BCUT2D eigenvalue weighted by molar-refractivity contribution is -0.120. The van der Waals surface area contributed by atoms with Crippen LogP contribution in [0.1, 0.15) is 48.1 Å². The average Bonchev–Trinajstić information content (AvgIpc) is 3.31. The first-order valence-corrected chi connectivity index (χ1v) is 12.3. The van der Waals surface area contributed by atoms with Gasteiger partial charge < -0.3 is 9.73 Å². The van der Waals surface area contributed by atoms with Gasteiger partial charge in [0, 0.05) is 23.5 Å². The zero-order chi connectivity index (χ0) is 22.0. The van der Waals surface area contributed by atoms with E-state index in [1.54, 1.807) is 32.2 Å². The van der Waals surface area contributed by atoms with Crippen molar-refractivity contribution in [1.29, 1.82) is 0 Å². The van der Waals surface area contributed by atoms with E-state index < -0.39 is 10.0 Å². The summed E-state index contributed by atoms with van der Waals surface area (Å²) < 4.78 is 32.3. The van der Waals surface area contributed by atoms with Gasteiger partial charge in [-0.1, -0.05) is 24.3 Å². The molecule has 0 bridgehead atoms. The molecule has 1 aromatic heterocycles. The summed E-state index contributed by atoms with van der Waals surface area (Å²) in [5.74, 6) is -0.134. The summed E-state index contributed by atoms with van der Waals surface area (Å²) in [6, 6.07) is 11.4.